The van der Waals surface area contributed by atoms with Crippen molar-refractivity contribution in [3.05, 3.63) is 30.2 Å². The number of carbonyl (C=O) groups excluding carboxylic acids is 1. The molecule has 0 aliphatic heterocycles. The number of anilines is 1. The van der Waals surface area contributed by atoms with Crippen LogP contribution in [0.5, 0.6) is 0 Å². The van der Waals surface area contributed by atoms with E-state index in [-0.39, 0.29) is 12.1 Å². The first-order valence-corrected chi connectivity index (χ1v) is 9.17. The van der Waals surface area contributed by atoms with Crippen molar-refractivity contribution in [3.8, 4) is 11.4 Å². The van der Waals surface area contributed by atoms with E-state index in [9.17, 15) is 4.79 Å². The van der Waals surface area contributed by atoms with E-state index >= 15 is 0 Å². The Balaban J connectivity index is 1.69. The first kappa shape index (κ1) is 17.5. The summed E-state index contributed by atoms with van der Waals surface area (Å²) in [7, 11) is 0. The molecule has 2 N–H and O–H groups in total. The standard InChI is InChI=1S/C19H26N4O2/c1-3-13(2)20-19(24)21-16-11-7-10-15(12-16)17-22-18(25-23-17)14-8-5-4-6-9-14/h7,10-14H,3-6,8-9H2,1-2H3,(H2,20,21,24)/t13-/m1/s1. The predicted molar refractivity (Wildman–Crippen MR) is 97.5 cm³/mol. The van der Waals surface area contributed by atoms with E-state index in [1.807, 2.05) is 38.1 Å². The van der Waals surface area contributed by atoms with Crippen LogP contribution in [0.15, 0.2) is 28.8 Å². The molecule has 1 aromatic carbocycles. The van der Waals surface area contributed by atoms with Crippen molar-refractivity contribution in [2.45, 2.75) is 64.3 Å². The summed E-state index contributed by atoms with van der Waals surface area (Å²) in [4.78, 5) is 16.5. The lowest BCUT2D eigenvalue weighted by Crippen LogP contribution is -2.35. The Labute approximate surface area is 148 Å². The van der Waals surface area contributed by atoms with Gasteiger partial charge in [0.05, 0.1) is 0 Å². The smallest absolute Gasteiger partial charge is 0.319 e. The number of hydrogen-bond acceptors (Lipinski definition) is 4. The molecule has 2 aromatic rings. The van der Waals surface area contributed by atoms with Gasteiger partial charge in [0.25, 0.3) is 0 Å². The fourth-order valence-electron chi connectivity index (χ4n) is 3.10. The number of hydrogen-bond donors (Lipinski definition) is 2. The van der Waals surface area contributed by atoms with Gasteiger partial charge in [-0.3, -0.25) is 0 Å². The second-order valence-corrected chi connectivity index (χ2v) is 6.78. The molecule has 1 aromatic heterocycles. The van der Waals surface area contributed by atoms with Crippen LogP contribution in [-0.4, -0.2) is 22.2 Å². The number of rotatable bonds is 5. The molecule has 6 nitrogen and oxygen atoms in total. The molecule has 1 saturated carbocycles. The molecule has 0 spiro atoms. The third kappa shape index (κ3) is 4.59. The van der Waals surface area contributed by atoms with Crippen molar-refractivity contribution < 1.29 is 9.32 Å². The number of benzene rings is 1. The summed E-state index contributed by atoms with van der Waals surface area (Å²) < 4.78 is 5.49. The molecule has 1 atom stereocenters. The quantitative estimate of drug-likeness (QED) is 0.825. The minimum Gasteiger partial charge on any atom is -0.339 e. The highest BCUT2D eigenvalue weighted by Crippen LogP contribution is 2.32. The van der Waals surface area contributed by atoms with E-state index in [1.165, 1.54) is 19.3 Å². The minimum atomic E-state index is -0.206. The Morgan fingerprint density at radius 3 is 2.88 bits per heavy atom. The molecule has 2 amide bonds. The van der Waals surface area contributed by atoms with Crippen LogP contribution in [0.1, 0.15) is 64.2 Å². The summed E-state index contributed by atoms with van der Waals surface area (Å²) in [6, 6.07) is 7.45. The Kier molecular flexibility index (Phi) is 5.68. The van der Waals surface area contributed by atoms with Gasteiger partial charge in [0, 0.05) is 23.2 Å². The average Bonchev–Trinajstić information content (AvgIpc) is 3.12. The zero-order valence-corrected chi connectivity index (χ0v) is 14.9. The van der Waals surface area contributed by atoms with Crippen LogP contribution in [0.4, 0.5) is 10.5 Å². The molecule has 0 saturated heterocycles. The molecule has 6 heteroatoms. The van der Waals surface area contributed by atoms with Gasteiger partial charge in [0.15, 0.2) is 0 Å². The van der Waals surface area contributed by atoms with Crippen molar-refractivity contribution in [1.29, 1.82) is 0 Å². The lowest BCUT2D eigenvalue weighted by molar-refractivity contribution is 0.249. The molecule has 134 valence electrons. The predicted octanol–water partition coefficient (Wildman–Crippen LogP) is 4.70. The topological polar surface area (TPSA) is 80.0 Å². The van der Waals surface area contributed by atoms with Gasteiger partial charge >= 0.3 is 6.03 Å². The minimum absolute atomic E-state index is 0.137. The molecule has 1 heterocycles. The molecule has 0 bridgehead atoms. The van der Waals surface area contributed by atoms with E-state index in [0.29, 0.717) is 17.4 Å². The number of nitrogens with zero attached hydrogens (tertiary/aromatic N) is 2. The number of aromatic nitrogens is 2. The van der Waals surface area contributed by atoms with Gasteiger partial charge in [-0.25, -0.2) is 4.79 Å². The van der Waals surface area contributed by atoms with Crippen molar-refractivity contribution >= 4 is 11.7 Å². The first-order valence-electron chi connectivity index (χ1n) is 9.17. The van der Waals surface area contributed by atoms with Gasteiger partial charge in [-0.2, -0.15) is 4.98 Å². The van der Waals surface area contributed by atoms with Crippen molar-refractivity contribution in [2.24, 2.45) is 0 Å². The van der Waals surface area contributed by atoms with Gasteiger partial charge in [0.1, 0.15) is 0 Å². The molecular weight excluding hydrogens is 316 g/mol. The maximum atomic E-state index is 12.0. The Bertz CT molecular complexity index is 707. The monoisotopic (exact) mass is 342 g/mol. The van der Waals surface area contributed by atoms with E-state index in [0.717, 1.165) is 30.7 Å². The number of carbonyl (C=O) groups is 1. The van der Waals surface area contributed by atoms with Gasteiger partial charge in [-0.05, 0) is 38.3 Å². The van der Waals surface area contributed by atoms with Gasteiger partial charge in [-0.15, -0.1) is 0 Å². The van der Waals surface area contributed by atoms with Crippen molar-refractivity contribution in [2.75, 3.05) is 5.32 Å². The van der Waals surface area contributed by atoms with E-state index in [2.05, 4.69) is 20.8 Å². The Hall–Kier alpha value is -2.37. The molecule has 1 aliphatic rings. The highest BCUT2D eigenvalue weighted by molar-refractivity contribution is 5.90. The SMILES string of the molecule is CC[C@@H](C)NC(=O)Nc1cccc(-c2noc(C3CCCCC3)n2)c1. The Morgan fingerprint density at radius 1 is 1.32 bits per heavy atom. The normalized spacial score (nSPS) is 16.4. The summed E-state index contributed by atoms with van der Waals surface area (Å²) in [5.74, 6) is 1.70. The third-order valence-electron chi connectivity index (χ3n) is 4.76. The summed E-state index contributed by atoms with van der Waals surface area (Å²) in [5.41, 5.74) is 1.55. The highest BCUT2D eigenvalue weighted by Gasteiger charge is 2.22. The number of nitrogens with one attached hydrogen (secondary N) is 2. The zero-order valence-electron chi connectivity index (χ0n) is 14.9. The molecular formula is C19H26N4O2. The van der Waals surface area contributed by atoms with Crippen LogP contribution in [0, 0.1) is 0 Å². The largest absolute Gasteiger partial charge is 0.339 e. The fraction of sp³-hybridized carbons (Fsp3) is 0.526. The fourth-order valence-corrected chi connectivity index (χ4v) is 3.10. The Morgan fingerprint density at radius 2 is 2.12 bits per heavy atom. The summed E-state index contributed by atoms with van der Waals surface area (Å²) in [6.07, 6.45) is 6.89. The number of urea groups is 1. The molecule has 25 heavy (non-hydrogen) atoms. The van der Waals surface area contributed by atoms with Crippen LogP contribution < -0.4 is 10.6 Å². The van der Waals surface area contributed by atoms with Crippen LogP contribution in [-0.2, 0) is 0 Å². The second kappa shape index (κ2) is 8.14. The summed E-state index contributed by atoms with van der Waals surface area (Å²) in [5, 5.41) is 9.86. The number of amides is 2. The lowest BCUT2D eigenvalue weighted by atomic mass is 9.89. The average molecular weight is 342 g/mol. The molecule has 0 radical (unpaired) electrons. The highest BCUT2D eigenvalue weighted by atomic mass is 16.5. The lowest BCUT2D eigenvalue weighted by Gasteiger charge is -2.17. The molecule has 1 aliphatic carbocycles. The molecule has 3 rings (SSSR count). The zero-order chi connectivity index (χ0) is 17.6. The van der Waals surface area contributed by atoms with E-state index in [1.54, 1.807) is 0 Å². The van der Waals surface area contributed by atoms with Crippen LogP contribution in [0.25, 0.3) is 11.4 Å². The maximum Gasteiger partial charge on any atom is 0.319 e. The van der Waals surface area contributed by atoms with Crippen molar-refractivity contribution in [3.63, 3.8) is 0 Å². The summed E-state index contributed by atoms with van der Waals surface area (Å²) >= 11 is 0. The van der Waals surface area contributed by atoms with Crippen LogP contribution >= 0.6 is 0 Å². The van der Waals surface area contributed by atoms with Crippen LogP contribution in [0.2, 0.25) is 0 Å². The molecule has 0 unspecified atom stereocenters. The van der Waals surface area contributed by atoms with Crippen LogP contribution in [0.3, 0.4) is 0 Å². The van der Waals surface area contributed by atoms with E-state index < -0.39 is 0 Å². The van der Waals surface area contributed by atoms with Gasteiger partial charge in [-0.1, -0.05) is 43.5 Å². The summed E-state index contributed by atoms with van der Waals surface area (Å²) in [6.45, 7) is 4.01. The molecule has 1 fully saturated rings. The van der Waals surface area contributed by atoms with Gasteiger partial charge in [0.2, 0.25) is 11.7 Å². The van der Waals surface area contributed by atoms with E-state index in [4.69, 9.17) is 4.52 Å². The maximum absolute atomic E-state index is 12.0. The third-order valence-corrected chi connectivity index (χ3v) is 4.76. The first-order chi connectivity index (χ1) is 12.2. The second-order valence-electron chi connectivity index (χ2n) is 6.78. The van der Waals surface area contributed by atoms with Crippen molar-refractivity contribution in [1.82, 2.24) is 15.5 Å². The van der Waals surface area contributed by atoms with Gasteiger partial charge < -0.3 is 15.2 Å².